The molecule has 0 amide bonds. The van der Waals surface area contributed by atoms with E-state index in [9.17, 15) is 10.1 Å². The zero-order valence-electron chi connectivity index (χ0n) is 33.3. The predicted octanol–water partition coefficient (Wildman–Crippen LogP) is 7.95. The SMILES string of the molecule is CCC#Cc1ccc(C2(C#N)CC3(CC3)C2)cc1N(C)C(=N)/C=C(\NC)N1CC(CN2CCN(c3cccc(C(=O)CCC)c3C(C)=C3CCC3)CC2)C1. The van der Waals surface area contributed by atoms with Crippen molar-refractivity contribution in [2.24, 2.45) is 11.3 Å². The number of nitriles is 1. The summed E-state index contributed by atoms with van der Waals surface area (Å²) in [7, 11) is 3.88. The lowest BCUT2D eigenvalue weighted by Gasteiger charge is -2.46. The molecular weight excluding hydrogens is 667 g/mol. The number of anilines is 2. The summed E-state index contributed by atoms with van der Waals surface area (Å²) in [6.45, 7) is 13.3. The quantitative estimate of drug-likeness (QED) is 0.0994. The number of carbonyl (C=O) groups is 1. The van der Waals surface area contributed by atoms with Crippen molar-refractivity contribution in [2.75, 3.05) is 69.7 Å². The summed E-state index contributed by atoms with van der Waals surface area (Å²) in [5, 5.41) is 22.8. The first kappa shape index (κ1) is 37.8. The van der Waals surface area contributed by atoms with E-state index in [1.54, 1.807) is 0 Å². The van der Waals surface area contributed by atoms with Crippen LogP contribution < -0.4 is 15.1 Å². The molecule has 2 aliphatic heterocycles. The standard InChI is InChI=1S/C46H59N7O/c1-6-8-12-36-17-18-37(46(32-47)30-45(31-46)19-20-45)25-40(36)50(5)42(48)26-43(49-4)53-28-34(29-53)27-51-21-23-52(24-22-51)39-16-10-15-38(41(54)11-7-2)44(39)33(3)35-13-9-14-35/h10,15-18,25-26,34,48-49H,6-7,9,11,13-14,19-24,27-31H2,1-5H3/b43-26+,48-42?. The fourth-order valence-electron chi connectivity index (χ4n) is 9.30. The fraction of sp³-hybridized carbons (Fsp3) is 0.543. The number of carbonyl (C=O) groups excluding carboxylic acids is 1. The van der Waals surface area contributed by atoms with Crippen molar-refractivity contribution in [2.45, 2.75) is 90.4 Å². The van der Waals surface area contributed by atoms with E-state index in [2.05, 4.69) is 82.1 Å². The highest BCUT2D eigenvalue weighted by atomic mass is 16.1. The van der Waals surface area contributed by atoms with Crippen LogP contribution in [0.3, 0.4) is 0 Å². The minimum atomic E-state index is -0.425. The summed E-state index contributed by atoms with van der Waals surface area (Å²) in [5.74, 6) is 8.71. The molecule has 1 spiro atoms. The lowest BCUT2D eigenvalue weighted by atomic mass is 9.57. The molecule has 5 fully saturated rings. The van der Waals surface area contributed by atoms with Crippen LogP contribution >= 0.6 is 0 Å². The molecule has 0 bridgehead atoms. The van der Waals surface area contributed by atoms with Gasteiger partial charge in [-0.2, -0.15) is 5.26 Å². The van der Waals surface area contributed by atoms with Crippen molar-refractivity contribution in [1.29, 1.82) is 10.7 Å². The van der Waals surface area contributed by atoms with E-state index in [0.29, 0.717) is 23.6 Å². The molecule has 8 nitrogen and oxygen atoms in total. The van der Waals surface area contributed by atoms with Crippen molar-refractivity contribution >= 4 is 28.6 Å². The molecule has 3 saturated carbocycles. The minimum Gasteiger partial charge on any atom is -0.375 e. The smallest absolute Gasteiger partial charge is 0.163 e. The molecule has 2 N–H and O–H groups in total. The number of amidine groups is 1. The second kappa shape index (κ2) is 15.7. The van der Waals surface area contributed by atoms with Gasteiger partial charge in [-0.3, -0.25) is 15.1 Å². The van der Waals surface area contributed by atoms with Crippen molar-refractivity contribution in [3.8, 4) is 17.9 Å². The van der Waals surface area contributed by atoms with Gasteiger partial charge in [-0.1, -0.05) is 49.5 Å². The number of likely N-dealkylation sites (N-methyl/N-ethyl adjacent to an activating group) is 1. The third-order valence-electron chi connectivity index (χ3n) is 12.9. The number of benzene rings is 2. The zero-order chi connectivity index (χ0) is 38.0. The van der Waals surface area contributed by atoms with Gasteiger partial charge in [-0.25, -0.2) is 0 Å². The lowest BCUT2D eigenvalue weighted by molar-refractivity contribution is 0.0889. The van der Waals surface area contributed by atoms with Gasteiger partial charge in [0.2, 0.25) is 0 Å². The molecule has 0 radical (unpaired) electrons. The second-order valence-electron chi connectivity index (χ2n) is 16.7. The van der Waals surface area contributed by atoms with E-state index < -0.39 is 5.41 Å². The van der Waals surface area contributed by atoms with Gasteiger partial charge in [0, 0.05) is 107 Å². The average molecular weight is 726 g/mol. The summed E-state index contributed by atoms with van der Waals surface area (Å²) >= 11 is 0. The summed E-state index contributed by atoms with van der Waals surface area (Å²) < 4.78 is 0. The maximum atomic E-state index is 13.2. The molecule has 0 unspecified atom stereocenters. The Labute approximate surface area is 323 Å². The molecule has 5 aliphatic rings. The van der Waals surface area contributed by atoms with E-state index in [1.165, 1.54) is 41.7 Å². The highest BCUT2D eigenvalue weighted by Crippen LogP contribution is 2.68. The van der Waals surface area contributed by atoms with Crippen LogP contribution in [0.25, 0.3) is 5.57 Å². The predicted molar refractivity (Wildman–Crippen MR) is 221 cm³/mol. The largest absolute Gasteiger partial charge is 0.375 e. The van der Waals surface area contributed by atoms with Crippen LogP contribution in [0.4, 0.5) is 11.4 Å². The first-order chi connectivity index (χ1) is 26.1. The first-order valence-corrected chi connectivity index (χ1v) is 20.5. The number of ketones is 1. The van der Waals surface area contributed by atoms with Gasteiger partial charge < -0.3 is 20.0 Å². The number of Topliss-reactive ketones (excluding diaryl/α,β-unsaturated/α-hetero) is 1. The molecule has 2 aromatic carbocycles. The molecule has 54 heavy (non-hydrogen) atoms. The maximum absolute atomic E-state index is 13.2. The molecule has 3 aliphatic carbocycles. The first-order valence-electron chi connectivity index (χ1n) is 20.5. The highest BCUT2D eigenvalue weighted by Gasteiger charge is 2.62. The van der Waals surface area contributed by atoms with Crippen molar-refractivity contribution in [3.63, 3.8) is 0 Å². The summed E-state index contributed by atoms with van der Waals surface area (Å²) in [6, 6.07) is 15.3. The van der Waals surface area contributed by atoms with Crippen LogP contribution in [0, 0.1) is 39.9 Å². The Morgan fingerprint density at radius 2 is 1.83 bits per heavy atom. The number of allylic oxidation sites excluding steroid dienone is 2. The molecule has 2 heterocycles. The summed E-state index contributed by atoms with van der Waals surface area (Å²) in [6.07, 6.45) is 12.1. The third-order valence-corrected chi connectivity index (χ3v) is 12.9. The van der Waals surface area contributed by atoms with Gasteiger partial charge in [0.25, 0.3) is 0 Å². The number of nitrogens with zero attached hydrogens (tertiary/aromatic N) is 5. The third kappa shape index (κ3) is 7.43. The molecule has 0 atom stereocenters. The number of rotatable bonds is 12. The van der Waals surface area contributed by atoms with Gasteiger partial charge in [0.1, 0.15) is 11.7 Å². The Morgan fingerprint density at radius 1 is 1.09 bits per heavy atom. The molecular formula is C46H59N7O. The number of likely N-dealkylation sites (tertiary alicyclic amines) is 1. The molecule has 0 aromatic heterocycles. The molecule has 7 rings (SSSR count). The summed E-state index contributed by atoms with van der Waals surface area (Å²) in [5.41, 5.74) is 8.98. The Morgan fingerprint density at radius 3 is 2.44 bits per heavy atom. The molecule has 2 saturated heterocycles. The Balaban J connectivity index is 0.969. The zero-order valence-corrected chi connectivity index (χ0v) is 33.3. The monoisotopic (exact) mass is 725 g/mol. The Kier molecular flexibility index (Phi) is 11.0. The highest BCUT2D eigenvalue weighted by molar-refractivity contribution is 6.04. The lowest BCUT2D eigenvalue weighted by Crippen LogP contribution is -2.55. The Bertz CT molecular complexity index is 1920. The van der Waals surface area contributed by atoms with E-state index in [-0.39, 0.29) is 5.78 Å². The van der Waals surface area contributed by atoms with E-state index in [0.717, 1.165) is 113 Å². The van der Waals surface area contributed by atoms with Gasteiger partial charge >= 0.3 is 0 Å². The number of hydrogen-bond acceptors (Lipinski definition) is 7. The Hall–Kier alpha value is -4.53. The van der Waals surface area contributed by atoms with Crippen molar-refractivity contribution in [1.82, 2.24) is 15.1 Å². The van der Waals surface area contributed by atoms with Crippen LogP contribution in [-0.4, -0.2) is 81.3 Å². The van der Waals surface area contributed by atoms with Crippen molar-refractivity contribution in [3.05, 3.63) is 76.1 Å². The van der Waals surface area contributed by atoms with Crippen LogP contribution in [0.2, 0.25) is 0 Å². The number of hydrogen-bond donors (Lipinski definition) is 2. The summed E-state index contributed by atoms with van der Waals surface area (Å²) in [4.78, 5) is 22.6. The van der Waals surface area contributed by atoms with E-state index in [1.807, 2.05) is 38.1 Å². The molecule has 8 heteroatoms. The normalized spacial score (nSPS) is 20.1. The van der Waals surface area contributed by atoms with Gasteiger partial charge in [0.15, 0.2) is 5.78 Å². The minimum absolute atomic E-state index is 0.266. The topological polar surface area (TPSA) is 89.7 Å². The average Bonchev–Trinajstić information content (AvgIpc) is 3.93. The van der Waals surface area contributed by atoms with Crippen molar-refractivity contribution < 1.29 is 4.79 Å². The van der Waals surface area contributed by atoms with Crippen LogP contribution in [0.5, 0.6) is 0 Å². The van der Waals surface area contributed by atoms with Crippen LogP contribution in [0.1, 0.15) is 112 Å². The van der Waals surface area contributed by atoms with E-state index in [4.69, 9.17) is 5.41 Å². The van der Waals surface area contributed by atoms with Crippen LogP contribution in [-0.2, 0) is 5.41 Å². The van der Waals surface area contributed by atoms with E-state index >= 15 is 0 Å². The molecule has 2 aromatic rings. The van der Waals surface area contributed by atoms with Gasteiger partial charge in [0.05, 0.1) is 17.2 Å². The maximum Gasteiger partial charge on any atom is 0.163 e. The molecule has 284 valence electrons. The number of piperazine rings is 1. The number of nitrogens with one attached hydrogen (secondary N) is 2. The second-order valence-corrected chi connectivity index (χ2v) is 16.7. The fourth-order valence-corrected chi connectivity index (χ4v) is 9.30. The van der Waals surface area contributed by atoms with Gasteiger partial charge in [-0.05, 0) is 93.0 Å². The van der Waals surface area contributed by atoms with Gasteiger partial charge in [-0.15, -0.1) is 0 Å². The van der Waals surface area contributed by atoms with Crippen LogP contribution in [0.15, 0.2) is 53.9 Å².